The van der Waals surface area contributed by atoms with Gasteiger partial charge in [0.05, 0.1) is 0 Å². The third kappa shape index (κ3) is 3.25. The van der Waals surface area contributed by atoms with Gasteiger partial charge in [-0.1, -0.05) is 22.0 Å². The van der Waals surface area contributed by atoms with Crippen LogP contribution in [0.15, 0.2) is 39.5 Å². The van der Waals surface area contributed by atoms with Crippen LogP contribution in [-0.2, 0) is 13.1 Å². The summed E-state index contributed by atoms with van der Waals surface area (Å²) in [7, 11) is 2.01. The molecule has 0 aliphatic heterocycles. The molecule has 1 aromatic heterocycles. The molecule has 1 aliphatic carbocycles. The number of benzene rings is 1. The van der Waals surface area contributed by atoms with Crippen molar-refractivity contribution in [2.24, 2.45) is 0 Å². The lowest BCUT2D eigenvalue weighted by molar-refractivity contribution is 0.765. The van der Waals surface area contributed by atoms with Crippen LogP contribution in [0.25, 0.3) is 0 Å². The molecule has 0 atom stereocenters. The molecule has 106 valence electrons. The van der Waals surface area contributed by atoms with Crippen LogP contribution in [0.2, 0.25) is 0 Å². The third-order valence-electron chi connectivity index (χ3n) is 3.64. The standard InChI is InChI=1S/C16H19BrN2S/c1-18-9-13-2-3-14(17)8-16(13)19(15-4-5-15)10-12-6-7-20-11-12/h2-3,6-8,11,15,18H,4-5,9-10H2,1H3. The molecule has 0 spiro atoms. The number of thiophene rings is 1. The van der Waals surface area contributed by atoms with Crippen molar-refractivity contribution in [2.45, 2.75) is 32.0 Å². The van der Waals surface area contributed by atoms with Crippen molar-refractivity contribution in [3.63, 3.8) is 0 Å². The fourth-order valence-electron chi connectivity index (χ4n) is 2.52. The molecule has 2 nitrogen and oxygen atoms in total. The van der Waals surface area contributed by atoms with Crippen molar-refractivity contribution in [2.75, 3.05) is 11.9 Å². The highest BCUT2D eigenvalue weighted by molar-refractivity contribution is 9.10. The van der Waals surface area contributed by atoms with Gasteiger partial charge in [0.25, 0.3) is 0 Å². The molecule has 1 fully saturated rings. The Kier molecular flexibility index (Phi) is 4.44. The first-order valence-electron chi connectivity index (χ1n) is 6.98. The normalized spacial score (nSPS) is 14.5. The van der Waals surface area contributed by atoms with E-state index in [1.807, 2.05) is 7.05 Å². The van der Waals surface area contributed by atoms with Gasteiger partial charge in [0, 0.05) is 29.3 Å². The minimum Gasteiger partial charge on any atom is -0.364 e. The second kappa shape index (κ2) is 6.29. The average molecular weight is 351 g/mol. The molecule has 2 aromatic rings. The zero-order valence-corrected chi connectivity index (χ0v) is 14.0. The van der Waals surface area contributed by atoms with E-state index < -0.39 is 0 Å². The summed E-state index contributed by atoms with van der Waals surface area (Å²) >= 11 is 5.40. The molecule has 1 aliphatic rings. The zero-order valence-electron chi connectivity index (χ0n) is 11.6. The number of hydrogen-bond acceptors (Lipinski definition) is 3. The quantitative estimate of drug-likeness (QED) is 0.830. The summed E-state index contributed by atoms with van der Waals surface area (Å²) in [5.74, 6) is 0. The SMILES string of the molecule is CNCc1ccc(Br)cc1N(Cc1ccsc1)C1CC1. The predicted octanol–water partition coefficient (Wildman–Crippen LogP) is 4.40. The number of rotatable bonds is 6. The first-order chi connectivity index (χ1) is 9.78. The number of anilines is 1. The van der Waals surface area contributed by atoms with Gasteiger partial charge in [0.15, 0.2) is 0 Å². The molecule has 0 radical (unpaired) electrons. The van der Waals surface area contributed by atoms with Crippen LogP contribution in [0.4, 0.5) is 5.69 Å². The molecule has 1 saturated carbocycles. The maximum Gasteiger partial charge on any atom is 0.0440 e. The summed E-state index contributed by atoms with van der Waals surface area (Å²) < 4.78 is 1.16. The summed E-state index contributed by atoms with van der Waals surface area (Å²) in [5.41, 5.74) is 4.15. The topological polar surface area (TPSA) is 15.3 Å². The Morgan fingerprint density at radius 3 is 2.85 bits per heavy atom. The largest absolute Gasteiger partial charge is 0.364 e. The number of hydrogen-bond donors (Lipinski definition) is 1. The van der Waals surface area contributed by atoms with Gasteiger partial charge in [0.2, 0.25) is 0 Å². The molecular formula is C16H19BrN2S. The molecule has 3 rings (SSSR count). The summed E-state index contributed by atoms with van der Waals surface area (Å²) in [6, 6.07) is 9.55. The van der Waals surface area contributed by atoms with Crippen LogP contribution < -0.4 is 10.2 Å². The molecular weight excluding hydrogens is 332 g/mol. The Morgan fingerprint density at radius 1 is 1.35 bits per heavy atom. The van der Waals surface area contributed by atoms with Crippen LogP contribution in [0.1, 0.15) is 24.0 Å². The smallest absolute Gasteiger partial charge is 0.0440 e. The van der Waals surface area contributed by atoms with Crippen molar-refractivity contribution in [3.8, 4) is 0 Å². The van der Waals surface area contributed by atoms with E-state index in [4.69, 9.17) is 0 Å². The van der Waals surface area contributed by atoms with E-state index >= 15 is 0 Å². The van der Waals surface area contributed by atoms with Crippen LogP contribution >= 0.6 is 27.3 Å². The minimum absolute atomic E-state index is 0.708. The van der Waals surface area contributed by atoms with Gasteiger partial charge in [-0.05, 0) is 60.0 Å². The number of nitrogens with zero attached hydrogens (tertiary/aromatic N) is 1. The van der Waals surface area contributed by atoms with Crippen molar-refractivity contribution in [1.82, 2.24) is 5.32 Å². The van der Waals surface area contributed by atoms with Crippen LogP contribution in [0, 0.1) is 0 Å². The second-order valence-corrected chi connectivity index (χ2v) is 6.99. The number of nitrogens with one attached hydrogen (secondary N) is 1. The third-order valence-corrected chi connectivity index (χ3v) is 4.87. The summed E-state index contributed by atoms with van der Waals surface area (Å²) in [6.07, 6.45) is 2.63. The van der Waals surface area contributed by atoms with Gasteiger partial charge < -0.3 is 10.2 Å². The maximum absolute atomic E-state index is 3.62. The van der Waals surface area contributed by atoms with E-state index in [0.29, 0.717) is 6.04 Å². The first-order valence-corrected chi connectivity index (χ1v) is 8.72. The summed E-state index contributed by atoms with van der Waals surface area (Å²) in [6.45, 7) is 1.93. The van der Waals surface area contributed by atoms with Crippen molar-refractivity contribution >= 4 is 33.0 Å². The highest BCUT2D eigenvalue weighted by Crippen LogP contribution is 2.36. The second-order valence-electron chi connectivity index (χ2n) is 5.29. The summed E-state index contributed by atoms with van der Waals surface area (Å²) in [5, 5.41) is 7.69. The van der Waals surface area contributed by atoms with Crippen molar-refractivity contribution in [3.05, 3.63) is 50.6 Å². The van der Waals surface area contributed by atoms with Crippen molar-refractivity contribution in [1.29, 1.82) is 0 Å². The lowest BCUT2D eigenvalue weighted by atomic mass is 10.1. The Labute approximate surface area is 132 Å². The van der Waals surface area contributed by atoms with E-state index in [0.717, 1.165) is 17.6 Å². The molecule has 1 aromatic carbocycles. The Balaban J connectivity index is 1.92. The van der Waals surface area contributed by atoms with Gasteiger partial charge in [-0.15, -0.1) is 0 Å². The van der Waals surface area contributed by atoms with Gasteiger partial charge in [-0.3, -0.25) is 0 Å². The highest BCUT2D eigenvalue weighted by Gasteiger charge is 2.30. The monoisotopic (exact) mass is 350 g/mol. The van der Waals surface area contributed by atoms with Crippen LogP contribution in [-0.4, -0.2) is 13.1 Å². The van der Waals surface area contributed by atoms with E-state index in [9.17, 15) is 0 Å². The molecule has 0 amide bonds. The van der Waals surface area contributed by atoms with E-state index in [-0.39, 0.29) is 0 Å². The van der Waals surface area contributed by atoms with Gasteiger partial charge >= 0.3 is 0 Å². The van der Waals surface area contributed by atoms with Crippen LogP contribution in [0.3, 0.4) is 0 Å². The molecule has 4 heteroatoms. The van der Waals surface area contributed by atoms with Crippen LogP contribution in [0.5, 0.6) is 0 Å². The Morgan fingerprint density at radius 2 is 2.20 bits per heavy atom. The Bertz CT molecular complexity index is 564. The highest BCUT2D eigenvalue weighted by atomic mass is 79.9. The molecule has 1 N–H and O–H groups in total. The van der Waals surface area contributed by atoms with Crippen molar-refractivity contribution < 1.29 is 0 Å². The molecule has 20 heavy (non-hydrogen) atoms. The number of halogens is 1. The van der Waals surface area contributed by atoms with Gasteiger partial charge in [-0.25, -0.2) is 0 Å². The molecule has 0 unspecified atom stereocenters. The van der Waals surface area contributed by atoms with E-state index in [1.165, 1.54) is 29.7 Å². The Hall–Kier alpha value is -0.840. The molecule has 1 heterocycles. The fraction of sp³-hybridized carbons (Fsp3) is 0.375. The van der Waals surface area contributed by atoms with E-state index in [1.54, 1.807) is 11.3 Å². The predicted molar refractivity (Wildman–Crippen MR) is 90.4 cm³/mol. The van der Waals surface area contributed by atoms with Gasteiger partial charge in [0.1, 0.15) is 0 Å². The van der Waals surface area contributed by atoms with E-state index in [2.05, 4.69) is 61.2 Å². The molecule has 0 bridgehead atoms. The summed E-state index contributed by atoms with van der Waals surface area (Å²) in [4.78, 5) is 2.57. The molecule has 0 saturated heterocycles. The first kappa shape index (κ1) is 14.1. The van der Waals surface area contributed by atoms with Gasteiger partial charge in [-0.2, -0.15) is 11.3 Å². The minimum atomic E-state index is 0.708. The maximum atomic E-state index is 3.62. The average Bonchev–Trinajstić information content (AvgIpc) is 3.15. The zero-order chi connectivity index (χ0) is 13.9. The lowest BCUT2D eigenvalue weighted by Crippen LogP contribution is -2.26. The lowest BCUT2D eigenvalue weighted by Gasteiger charge is -2.27. The fourth-order valence-corrected chi connectivity index (χ4v) is 3.53.